The van der Waals surface area contributed by atoms with E-state index < -0.39 is 0 Å². The van der Waals surface area contributed by atoms with E-state index in [1.165, 1.54) is 34.4 Å². The Bertz CT molecular complexity index is 554. The summed E-state index contributed by atoms with van der Waals surface area (Å²) in [6.45, 7) is 0.414. The van der Waals surface area contributed by atoms with Crippen molar-refractivity contribution in [2.75, 3.05) is 12.8 Å². The van der Waals surface area contributed by atoms with Gasteiger partial charge in [-0.25, -0.2) is 4.98 Å². The summed E-state index contributed by atoms with van der Waals surface area (Å²) in [6, 6.07) is 4.33. The molecule has 0 unspecified atom stereocenters. The molecule has 3 N–H and O–H groups in total. The summed E-state index contributed by atoms with van der Waals surface area (Å²) in [5.41, 5.74) is 8.93. The maximum Gasteiger partial charge on any atom is 0.256 e. The third kappa shape index (κ3) is 2.60. The van der Waals surface area contributed by atoms with E-state index in [2.05, 4.69) is 4.98 Å². The molecule has 2 rings (SSSR count). The number of rotatable bonds is 3. The molecule has 0 spiro atoms. The Morgan fingerprint density at radius 3 is 3.00 bits per heavy atom. The molecule has 1 heterocycles. The molecule has 0 radical (unpaired) electrons. The summed E-state index contributed by atoms with van der Waals surface area (Å²) in [5.74, 6) is -0.217. The largest absolute Gasteiger partial charge is 0.508 e. The summed E-state index contributed by atoms with van der Waals surface area (Å²) < 4.78 is 0. The molecule has 6 heteroatoms. The fourth-order valence-electron chi connectivity index (χ4n) is 1.57. The standard InChI is InChI=1S/C12H13N3O2S/c1-15(5-8-6-18-7-14-8)12(17)10-4-9(16)2-3-11(10)13/h2-4,6-7,16H,5,13H2,1H3. The molecule has 0 saturated carbocycles. The molecule has 94 valence electrons. The Morgan fingerprint density at radius 1 is 1.56 bits per heavy atom. The van der Waals surface area contributed by atoms with Crippen LogP contribution in [0.3, 0.4) is 0 Å². The molecule has 0 bridgehead atoms. The summed E-state index contributed by atoms with van der Waals surface area (Å²) in [5, 5.41) is 11.3. The van der Waals surface area contributed by atoms with Gasteiger partial charge in [0.1, 0.15) is 5.75 Å². The van der Waals surface area contributed by atoms with Gasteiger partial charge in [0.05, 0.1) is 23.3 Å². The summed E-state index contributed by atoms with van der Waals surface area (Å²) >= 11 is 1.48. The van der Waals surface area contributed by atoms with Gasteiger partial charge in [-0.15, -0.1) is 11.3 Å². The lowest BCUT2D eigenvalue weighted by Crippen LogP contribution is -2.27. The van der Waals surface area contributed by atoms with Crippen LogP contribution in [0.2, 0.25) is 0 Å². The predicted molar refractivity (Wildman–Crippen MR) is 70.4 cm³/mol. The number of hydrogen-bond donors (Lipinski definition) is 2. The third-order valence-corrected chi connectivity index (χ3v) is 3.13. The Labute approximate surface area is 108 Å². The fraction of sp³-hybridized carbons (Fsp3) is 0.167. The minimum absolute atomic E-state index is 0.0228. The highest BCUT2D eigenvalue weighted by atomic mass is 32.1. The number of benzene rings is 1. The highest BCUT2D eigenvalue weighted by molar-refractivity contribution is 7.07. The van der Waals surface area contributed by atoms with Gasteiger partial charge in [0, 0.05) is 18.1 Å². The summed E-state index contributed by atoms with van der Waals surface area (Å²) in [6.07, 6.45) is 0. The first-order valence-electron chi connectivity index (χ1n) is 5.29. The van der Waals surface area contributed by atoms with Gasteiger partial charge in [-0.05, 0) is 18.2 Å². The lowest BCUT2D eigenvalue weighted by Gasteiger charge is -2.17. The Morgan fingerprint density at radius 2 is 2.33 bits per heavy atom. The highest BCUT2D eigenvalue weighted by Gasteiger charge is 2.16. The van der Waals surface area contributed by atoms with Gasteiger partial charge in [0.15, 0.2) is 0 Å². The number of aromatic hydroxyl groups is 1. The van der Waals surface area contributed by atoms with E-state index in [1.54, 1.807) is 12.6 Å². The van der Waals surface area contributed by atoms with E-state index in [0.717, 1.165) is 5.69 Å². The normalized spacial score (nSPS) is 10.3. The van der Waals surface area contributed by atoms with Crippen molar-refractivity contribution in [3.8, 4) is 5.75 Å². The molecule has 2 aromatic rings. The van der Waals surface area contributed by atoms with Crippen LogP contribution in [-0.4, -0.2) is 27.9 Å². The van der Waals surface area contributed by atoms with Crippen molar-refractivity contribution in [3.63, 3.8) is 0 Å². The zero-order chi connectivity index (χ0) is 13.1. The van der Waals surface area contributed by atoms with Crippen LogP contribution in [0.1, 0.15) is 16.1 Å². The predicted octanol–water partition coefficient (Wildman–Crippen LogP) is 1.70. The van der Waals surface area contributed by atoms with E-state index in [9.17, 15) is 9.90 Å². The van der Waals surface area contributed by atoms with Crippen molar-refractivity contribution in [3.05, 3.63) is 40.3 Å². The van der Waals surface area contributed by atoms with Crippen LogP contribution in [0.4, 0.5) is 5.69 Å². The average molecular weight is 263 g/mol. The smallest absolute Gasteiger partial charge is 0.256 e. The van der Waals surface area contributed by atoms with Crippen LogP contribution in [0.15, 0.2) is 29.1 Å². The Hall–Kier alpha value is -2.08. The molecule has 0 atom stereocenters. The molecule has 0 aliphatic rings. The Balaban J connectivity index is 2.17. The Kier molecular flexibility index (Phi) is 3.47. The molecule has 18 heavy (non-hydrogen) atoms. The summed E-state index contributed by atoms with van der Waals surface area (Å²) in [7, 11) is 1.67. The van der Waals surface area contributed by atoms with E-state index in [4.69, 9.17) is 5.73 Å². The van der Waals surface area contributed by atoms with Crippen molar-refractivity contribution in [1.29, 1.82) is 0 Å². The maximum atomic E-state index is 12.2. The average Bonchev–Trinajstić information content (AvgIpc) is 2.84. The van der Waals surface area contributed by atoms with Gasteiger partial charge < -0.3 is 15.7 Å². The van der Waals surface area contributed by atoms with Crippen LogP contribution >= 0.6 is 11.3 Å². The van der Waals surface area contributed by atoms with Crippen LogP contribution in [0.25, 0.3) is 0 Å². The number of carbonyl (C=O) groups excluding carboxylic acids is 1. The van der Waals surface area contributed by atoms with Gasteiger partial charge in [-0.2, -0.15) is 0 Å². The first kappa shape index (κ1) is 12.4. The van der Waals surface area contributed by atoms with Gasteiger partial charge in [-0.3, -0.25) is 4.79 Å². The number of phenols is 1. The highest BCUT2D eigenvalue weighted by Crippen LogP contribution is 2.20. The number of nitrogen functional groups attached to an aromatic ring is 1. The maximum absolute atomic E-state index is 12.2. The van der Waals surface area contributed by atoms with Crippen LogP contribution in [0, 0.1) is 0 Å². The molecule has 0 aliphatic heterocycles. The van der Waals surface area contributed by atoms with E-state index in [0.29, 0.717) is 17.8 Å². The van der Waals surface area contributed by atoms with Crippen molar-refractivity contribution in [2.24, 2.45) is 0 Å². The fourth-order valence-corrected chi connectivity index (χ4v) is 2.12. The number of carbonyl (C=O) groups is 1. The second-order valence-corrected chi connectivity index (χ2v) is 4.63. The monoisotopic (exact) mass is 263 g/mol. The minimum atomic E-state index is -0.239. The van der Waals surface area contributed by atoms with E-state index in [-0.39, 0.29) is 11.7 Å². The second kappa shape index (κ2) is 5.05. The molecule has 0 aliphatic carbocycles. The van der Waals surface area contributed by atoms with Crippen LogP contribution < -0.4 is 5.73 Å². The molecular weight excluding hydrogens is 250 g/mol. The molecule has 5 nitrogen and oxygen atoms in total. The van der Waals surface area contributed by atoms with Crippen LogP contribution in [0.5, 0.6) is 5.75 Å². The van der Waals surface area contributed by atoms with E-state index >= 15 is 0 Å². The molecule has 0 saturated heterocycles. The molecule has 0 fully saturated rings. The first-order valence-corrected chi connectivity index (χ1v) is 6.23. The number of aromatic nitrogens is 1. The number of phenolic OH excluding ortho intramolecular Hbond substituents is 1. The topological polar surface area (TPSA) is 79.5 Å². The van der Waals surface area contributed by atoms with Crippen molar-refractivity contribution >= 4 is 22.9 Å². The van der Waals surface area contributed by atoms with Crippen molar-refractivity contribution < 1.29 is 9.90 Å². The number of nitrogens with zero attached hydrogens (tertiary/aromatic N) is 2. The number of anilines is 1. The van der Waals surface area contributed by atoms with Gasteiger partial charge >= 0.3 is 0 Å². The molecule has 1 aromatic heterocycles. The van der Waals surface area contributed by atoms with Crippen molar-refractivity contribution in [2.45, 2.75) is 6.54 Å². The van der Waals surface area contributed by atoms with E-state index in [1.807, 2.05) is 5.38 Å². The lowest BCUT2D eigenvalue weighted by molar-refractivity contribution is 0.0784. The first-order chi connectivity index (χ1) is 8.58. The van der Waals surface area contributed by atoms with Gasteiger partial charge in [-0.1, -0.05) is 0 Å². The molecule has 1 aromatic carbocycles. The third-order valence-electron chi connectivity index (χ3n) is 2.50. The lowest BCUT2D eigenvalue weighted by atomic mass is 10.1. The number of nitrogens with two attached hydrogens (primary N) is 1. The molecule has 1 amide bonds. The van der Waals surface area contributed by atoms with Gasteiger partial charge in [0.2, 0.25) is 0 Å². The quantitative estimate of drug-likeness (QED) is 0.652. The number of thiazole rings is 1. The zero-order valence-electron chi connectivity index (χ0n) is 9.83. The minimum Gasteiger partial charge on any atom is -0.508 e. The SMILES string of the molecule is CN(Cc1cscn1)C(=O)c1cc(O)ccc1N. The van der Waals surface area contributed by atoms with Gasteiger partial charge in [0.25, 0.3) is 5.91 Å². The number of hydrogen-bond acceptors (Lipinski definition) is 5. The number of amides is 1. The second-order valence-electron chi connectivity index (χ2n) is 3.91. The molecular formula is C12H13N3O2S. The van der Waals surface area contributed by atoms with Crippen LogP contribution in [-0.2, 0) is 6.54 Å². The van der Waals surface area contributed by atoms with Crippen molar-refractivity contribution in [1.82, 2.24) is 9.88 Å². The zero-order valence-corrected chi connectivity index (χ0v) is 10.6. The summed E-state index contributed by atoms with van der Waals surface area (Å²) in [4.78, 5) is 17.8.